The average Bonchev–Trinajstić information content (AvgIpc) is 2.14. The Hall–Kier alpha value is -0.0800. The van der Waals surface area contributed by atoms with Crippen LogP contribution in [0.2, 0.25) is 0 Å². The number of hydrogen-bond donors (Lipinski definition) is 2. The second-order valence-electron chi connectivity index (χ2n) is 4.36. The molecule has 0 aromatic carbocycles. The predicted octanol–water partition coefficient (Wildman–Crippen LogP) is 2.71. The van der Waals surface area contributed by atoms with E-state index in [1.807, 2.05) is 6.92 Å². The van der Waals surface area contributed by atoms with Gasteiger partial charge in [-0.25, -0.2) is 0 Å². The van der Waals surface area contributed by atoms with Gasteiger partial charge in [-0.15, -0.1) is 0 Å². The van der Waals surface area contributed by atoms with Gasteiger partial charge in [-0.2, -0.15) is 0 Å². The smallest absolute Gasteiger partial charge is 0.0636 e. The van der Waals surface area contributed by atoms with Gasteiger partial charge in [0.2, 0.25) is 0 Å². The third-order valence-corrected chi connectivity index (χ3v) is 2.50. The van der Waals surface area contributed by atoms with Crippen molar-refractivity contribution >= 4 is 0 Å². The minimum atomic E-state index is -0.224. The van der Waals surface area contributed by atoms with Gasteiger partial charge in [-0.05, 0) is 20.3 Å². The van der Waals surface area contributed by atoms with Crippen LogP contribution < -0.4 is 5.32 Å². The number of aliphatic hydroxyl groups is 1. The molecule has 0 aromatic rings. The first-order valence-electron chi connectivity index (χ1n) is 6.08. The van der Waals surface area contributed by atoms with E-state index < -0.39 is 0 Å². The zero-order valence-corrected chi connectivity index (χ0v) is 10.1. The maximum atomic E-state index is 9.08. The highest BCUT2D eigenvalue weighted by atomic mass is 16.3. The molecule has 0 rings (SSSR count). The molecule has 2 nitrogen and oxygen atoms in total. The summed E-state index contributed by atoms with van der Waals surface area (Å²) in [4.78, 5) is 0. The Balaban J connectivity index is 3.14. The first-order chi connectivity index (χ1) is 6.66. The zero-order chi connectivity index (χ0) is 10.8. The molecule has 0 radical (unpaired) electrons. The predicted molar refractivity (Wildman–Crippen MR) is 62.5 cm³/mol. The van der Waals surface area contributed by atoms with Crippen LogP contribution in [-0.2, 0) is 0 Å². The molecule has 0 aliphatic carbocycles. The van der Waals surface area contributed by atoms with Crippen molar-refractivity contribution in [3.8, 4) is 0 Å². The molecule has 2 N–H and O–H groups in total. The van der Waals surface area contributed by atoms with E-state index in [1.54, 1.807) is 0 Å². The van der Waals surface area contributed by atoms with Crippen LogP contribution in [0.3, 0.4) is 0 Å². The third-order valence-electron chi connectivity index (χ3n) is 2.50. The van der Waals surface area contributed by atoms with Crippen molar-refractivity contribution in [1.82, 2.24) is 5.32 Å². The van der Waals surface area contributed by atoms with Gasteiger partial charge < -0.3 is 10.4 Å². The van der Waals surface area contributed by atoms with Crippen LogP contribution in [0, 0.1) is 0 Å². The second-order valence-corrected chi connectivity index (χ2v) is 4.36. The van der Waals surface area contributed by atoms with Crippen molar-refractivity contribution in [2.75, 3.05) is 6.54 Å². The SMILES string of the molecule is CCCCCCC[C@H](C)NC[C@H](C)O. The fourth-order valence-electron chi connectivity index (χ4n) is 1.53. The van der Waals surface area contributed by atoms with E-state index in [2.05, 4.69) is 19.2 Å². The lowest BCUT2D eigenvalue weighted by molar-refractivity contribution is 0.186. The van der Waals surface area contributed by atoms with E-state index >= 15 is 0 Å². The summed E-state index contributed by atoms with van der Waals surface area (Å²) < 4.78 is 0. The van der Waals surface area contributed by atoms with Crippen molar-refractivity contribution in [1.29, 1.82) is 0 Å². The maximum Gasteiger partial charge on any atom is 0.0636 e. The molecule has 0 aromatic heterocycles. The van der Waals surface area contributed by atoms with Crippen molar-refractivity contribution < 1.29 is 5.11 Å². The third kappa shape index (κ3) is 10.0. The van der Waals surface area contributed by atoms with E-state index in [0.717, 1.165) is 6.54 Å². The minimum absolute atomic E-state index is 0.224. The molecule has 0 spiro atoms. The van der Waals surface area contributed by atoms with Gasteiger partial charge in [0.05, 0.1) is 6.10 Å². The van der Waals surface area contributed by atoms with Crippen LogP contribution in [0.4, 0.5) is 0 Å². The minimum Gasteiger partial charge on any atom is -0.392 e. The number of hydrogen-bond acceptors (Lipinski definition) is 2. The van der Waals surface area contributed by atoms with E-state index in [9.17, 15) is 0 Å². The molecule has 0 unspecified atom stereocenters. The average molecular weight is 201 g/mol. The number of rotatable bonds is 9. The quantitative estimate of drug-likeness (QED) is 0.562. The van der Waals surface area contributed by atoms with E-state index in [-0.39, 0.29) is 6.10 Å². The summed E-state index contributed by atoms with van der Waals surface area (Å²) in [6.45, 7) is 6.98. The fourth-order valence-corrected chi connectivity index (χ4v) is 1.53. The Kier molecular flexibility index (Phi) is 9.42. The Morgan fingerprint density at radius 1 is 1.07 bits per heavy atom. The van der Waals surface area contributed by atoms with Gasteiger partial charge in [-0.1, -0.05) is 39.0 Å². The van der Waals surface area contributed by atoms with E-state index in [0.29, 0.717) is 6.04 Å². The Labute approximate surface area is 89.1 Å². The summed E-state index contributed by atoms with van der Waals surface area (Å²) in [7, 11) is 0. The summed E-state index contributed by atoms with van der Waals surface area (Å²) in [5, 5.41) is 12.4. The van der Waals surface area contributed by atoms with Gasteiger partial charge in [0.25, 0.3) is 0 Å². The molecule has 0 fully saturated rings. The van der Waals surface area contributed by atoms with Gasteiger partial charge >= 0.3 is 0 Å². The zero-order valence-electron chi connectivity index (χ0n) is 10.1. The summed E-state index contributed by atoms with van der Waals surface area (Å²) in [6, 6.07) is 0.547. The van der Waals surface area contributed by atoms with Crippen LogP contribution in [0.1, 0.15) is 59.3 Å². The first kappa shape index (κ1) is 13.9. The van der Waals surface area contributed by atoms with E-state index in [4.69, 9.17) is 5.11 Å². The molecule has 2 heteroatoms. The lowest BCUT2D eigenvalue weighted by atomic mass is 10.1. The highest BCUT2D eigenvalue weighted by Crippen LogP contribution is 2.06. The molecule has 14 heavy (non-hydrogen) atoms. The van der Waals surface area contributed by atoms with E-state index in [1.165, 1.54) is 38.5 Å². The Morgan fingerprint density at radius 3 is 2.29 bits per heavy atom. The number of unbranched alkanes of at least 4 members (excludes halogenated alkanes) is 4. The topological polar surface area (TPSA) is 32.3 Å². The highest BCUT2D eigenvalue weighted by molar-refractivity contribution is 4.62. The van der Waals surface area contributed by atoms with Gasteiger partial charge in [-0.3, -0.25) is 0 Å². The molecule has 86 valence electrons. The Morgan fingerprint density at radius 2 is 1.71 bits per heavy atom. The first-order valence-corrected chi connectivity index (χ1v) is 6.08. The molecule has 0 bridgehead atoms. The molecule has 0 amide bonds. The monoisotopic (exact) mass is 201 g/mol. The van der Waals surface area contributed by atoms with Crippen LogP contribution in [0.5, 0.6) is 0 Å². The Bertz CT molecular complexity index is 115. The second kappa shape index (κ2) is 9.47. The molecule has 0 aliphatic rings. The molecule has 0 aliphatic heterocycles. The summed E-state index contributed by atoms with van der Waals surface area (Å²) in [6.07, 6.45) is 7.74. The standard InChI is InChI=1S/C12H27NO/c1-4-5-6-7-8-9-11(2)13-10-12(3)14/h11-14H,4-10H2,1-3H3/t11-,12-/m0/s1. The highest BCUT2D eigenvalue weighted by Gasteiger charge is 2.02. The van der Waals surface area contributed by atoms with Crippen molar-refractivity contribution in [3.63, 3.8) is 0 Å². The largest absolute Gasteiger partial charge is 0.392 e. The lowest BCUT2D eigenvalue weighted by Crippen LogP contribution is -2.32. The van der Waals surface area contributed by atoms with Crippen molar-refractivity contribution in [2.45, 2.75) is 71.4 Å². The summed E-state index contributed by atoms with van der Waals surface area (Å²) >= 11 is 0. The normalized spacial score (nSPS) is 15.4. The number of nitrogens with one attached hydrogen (secondary N) is 1. The van der Waals surface area contributed by atoms with Crippen LogP contribution >= 0.6 is 0 Å². The lowest BCUT2D eigenvalue weighted by Gasteiger charge is -2.14. The summed E-state index contributed by atoms with van der Waals surface area (Å²) in [5.41, 5.74) is 0. The molecule has 0 saturated heterocycles. The molecular formula is C12H27NO. The summed E-state index contributed by atoms with van der Waals surface area (Å²) in [5.74, 6) is 0. The van der Waals surface area contributed by atoms with Gasteiger partial charge in [0, 0.05) is 12.6 Å². The van der Waals surface area contributed by atoms with Gasteiger partial charge in [0.15, 0.2) is 0 Å². The molecule has 2 atom stereocenters. The number of aliphatic hydroxyl groups excluding tert-OH is 1. The van der Waals surface area contributed by atoms with Crippen molar-refractivity contribution in [3.05, 3.63) is 0 Å². The molecular weight excluding hydrogens is 174 g/mol. The van der Waals surface area contributed by atoms with Crippen LogP contribution in [0.15, 0.2) is 0 Å². The molecule has 0 heterocycles. The molecule has 0 saturated carbocycles. The van der Waals surface area contributed by atoms with Crippen LogP contribution in [-0.4, -0.2) is 23.8 Å². The van der Waals surface area contributed by atoms with Gasteiger partial charge in [0.1, 0.15) is 0 Å². The fraction of sp³-hybridized carbons (Fsp3) is 1.00. The van der Waals surface area contributed by atoms with Crippen molar-refractivity contribution in [2.24, 2.45) is 0 Å². The van der Waals surface area contributed by atoms with Crippen LogP contribution in [0.25, 0.3) is 0 Å². The maximum absolute atomic E-state index is 9.08.